The Kier molecular flexibility index (Phi) is 4.64. The zero-order valence-electron chi connectivity index (χ0n) is 14.9. The van der Waals surface area contributed by atoms with Crippen molar-refractivity contribution < 1.29 is 30.8 Å². The Morgan fingerprint density at radius 3 is 2.72 bits per heavy atom. The highest BCUT2D eigenvalue weighted by molar-refractivity contribution is 7.91. The van der Waals surface area contributed by atoms with E-state index in [0.29, 0.717) is 11.3 Å². The second kappa shape index (κ2) is 6.90. The average molecular weight is 427 g/mol. The van der Waals surface area contributed by atoms with Crippen LogP contribution in [0.4, 0.5) is 19.1 Å². The zero-order chi connectivity index (χ0) is 20.8. The van der Waals surface area contributed by atoms with Gasteiger partial charge < -0.3 is 8.98 Å². The Labute approximate surface area is 163 Å². The quantitative estimate of drug-likeness (QED) is 0.691. The van der Waals surface area contributed by atoms with Gasteiger partial charge in [0.2, 0.25) is 11.9 Å². The van der Waals surface area contributed by atoms with Crippen molar-refractivity contribution in [2.45, 2.75) is 19.1 Å². The number of sulfone groups is 1. The summed E-state index contributed by atoms with van der Waals surface area (Å²) in [6, 6.07) is 6.48. The van der Waals surface area contributed by atoms with E-state index in [9.17, 15) is 26.4 Å². The van der Waals surface area contributed by atoms with Crippen LogP contribution in [-0.2, 0) is 27.4 Å². The van der Waals surface area contributed by atoms with Crippen molar-refractivity contribution in [2.24, 2.45) is 5.92 Å². The maximum atomic E-state index is 13.0. The molecule has 3 heterocycles. The molecular weight excluding hydrogens is 411 g/mol. The van der Waals surface area contributed by atoms with E-state index >= 15 is 0 Å². The zero-order valence-corrected chi connectivity index (χ0v) is 15.8. The van der Waals surface area contributed by atoms with E-state index in [2.05, 4.69) is 10.3 Å². The van der Waals surface area contributed by atoms with Crippen LogP contribution in [0.5, 0.6) is 0 Å². The third-order valence-electron chi connectivity index (χ3n) is 4.81. The fourth-order valence-corrected chi connectivity index (χ4v) is 5.08. The number of aromatic nitrogens is 2. The third kappa shape index (κ3) is 4.00. The first-order chi connectivity index (χ1) is 13.6. The molecule has 0 spiro atoms. The first kappa shape index (κ1) is 19.5. The number of hydrogen-bond acceptors (Lipinski definition) is 5. The van der Waals surface area contributed by atoms with Gasteiger partial charge in [-0.3, -0.25) is 10.1 Å². The van der Waals surface area contributed by atoms with E-state index in [1.807, 2.05) is 0 Å². The molecular formula is C18H16F3N3O4S. The first-order valence-electron chi connectivity index (χ1n) is 8.73. The van der Waals surface area contributed by atoms with Gasteiger partial charge in [0.05, 0.1) is 46.8 Å². The molecule has 1 aliphatic rings. The maximum Gasteiger partial charge on any atom is 0.416 e. The summed E-state index contributed by atoms with van der Waals surface area (Å²) in [5, 5.41) is 2.58. The van der Waals surface area contributed by atoms with Crippen LogP contribution in [0.2, 0.25) is 0 Å². The number of hydrogen-bond donors (Lipinski definition) is 1. The van der Waals surface area contributed by atoms with Gasteiger partial charge in [-0.2, -0.15) is 13.2 Å². The van der Waals surface area contributed by atoms with Gasteiger partial charge >= 0.3 is 6.18 Å². The molecule has 1 amide bonds. The number of benzene rings is 1. The lowest BCUT2D eigenvalue weighted by molar-refractivity contribution is -0.137. The van der Waals surface area contributed by atoms with Crippen LogP contribution >= 0.6 is 0 Å². The molecule has 0 aliphatic carbocycles. The number of imidazole rings is 1. The summed E-state index contributed by atoms with van der Waals surface area (Å²) in [7, 11) is -3.26. The second-order valence-electron chi connectivity index (χ2n) is 6.89. The van der Waals surface area contributed by atoms with Crippen molar-refractivity contribution in [3.63, 3.8) is 0 Å². The third-order valence-corrected chi connectivity index (χ3v) is 6.58. The van der Waals surface area contributed by atoms with Gasteiger partial charge in [-0.25, -0.2) is 13.4 Å². The molecule has 0 unspecified atom stereocenters. The highest BCUT2D eigenvalue weighted by atomic mass is 32.2. The Bertz CT molecular complexity index is 1170. The lowest BCUT2D eigenvalue weighted by Gasteiger charge is -2.11. The van der Waals surface area contributed by atoms with Crippen LogP contribution in [0.25, 0.3) is 11.0 Å². The lowest BCUT2D eigenvalue weighted by Crippen LogP contribution is -2.25. The Hall–Kier alpha value is -2.82. The summed E-state index contributed by atoms with van der Waals surface area (Å²) in [6.45, 7) is 0.132. The van der Waals surface area contributed by atoms with E-state index in [1.54, 1.807) is 12.1 Å². The molecule has 11 heteroatoms. The molecule has 1 atom stereocenters. The predicted molar refractivity (Wildman–Crippen MR) is 97.9 cm³/mol. The van der Waals surface area contributed by atoms with Crippen LogP contribution in [0.3, 0.4) is 0 Å². The number of nitrogens with zero attached hydrogens (tertiary/aromatic N) is 2. The fourth-order valence-electron chi connectivity index (χ4n) is 3.33. The standard InChI is InChI=1S/C18H16F3N3O4S/c19-18(20,21)12-3-4-15-14(8-12)22-17(24(15)9-13-2-1-6-28-13)23-16(25)11-5-7-29(26,27)10-11/h1-4,6,8,11H,5,7,9-10H2,(H,22,23,25)/t11-/m1/s1. The van der Waals surface area contributed by atoms with Gasteiger partial charge in [-0.05, 0) is 36.8 Å². The summed E-state index contributed by atoms with van der Waals surface area (Å²) in [5.41, 5.74) is -0.420. The second-order valence-corrected chi connectivity index (χ2v) is 9.12. The van der Waals surface area contributed by atoms with Gasteiger partial charge in [0, 0.05) is 0 Å². The molecule has 3 aromatic rings. The molecule has 0 bridgehead atoms. The molecule has 2 aromatic heterocycles. The number of halogens is 3. The maximum absolute atomic E-state index is 13.0. The minimum atomic E-state index is -4.53. The highest BCUT2D eigenvalue weighted by Gasteiger charge is 2.34. The minimum absolute atomic E-state index is 0.0324. The number of furan rings is 1. The van der Waals surface area contributed by atoms with Crippen molar-refractivity contribution >= 4 is 32.7 Å². The van der Waals surface area contributed by atoms with Gasteiger partial charge in [-0.15, -0.1) is 0 Å². The molecule has 154 valence electrons. The van der Waals surface area contributed by atoms with E-state index in [4.69, 9.17) is 4.42 Å². The van der Waals surface area contributed by atoms with Crippen LogP contribution in [0.1, 0.15) is 17.7 Å². The predicted octanol–water partition coefficient (Wildman–Crippen LogP) is 3.07. The molecule has 7 nitrogen and oxygen atoms in total. The number of nitrogens with one attached hydrogen (secondary N) is 1. The van der Waals surface area contributed by atoms with Crippen molar-refractivity contribution in [1.29, 1.82) is 0 Å². The lowest BCUT2D eigenvalue weighted by atomic mass is 10.1. The van der Waals surface area contributed by atoms with Crippen molar-refractivity contribution in [3.05, 3.63) is 47.9 Å². The molecule has 1 aromatic carbocycles. The number of alkyl halides is 3. The summed E-state index contributed by atoms with van der Waals surface area (Å²) in [5.74, 6) is -1.02. The molecule has 1 N–H and O–H groups in total. The van der Waals surface area contributed by atoms with E-state index in [-0.39, 0.29) is 35.9 Å². The fraction of sp³-hybridized carbons (Fsp3) is 0.333. The number of carbonyl (C=O) groups is 1. The topological polar surface area (TPSA) is 94.2 Å². The number of carbonyl (C=O) groups excluding carboxylic acids is 1. The molecule has 0 radical (unpaired) electrons. The van der Waals surface area contributed by atoms with E-state index in [1.165, 1.54) is 16.9 Å². The van der Waals surface area contributed by atoms with Gasteiger partial charge in [0.1, 0.15) is 5.76 Å². The highest BCUT2D eigenvalue weighted by Crippen LogP contribution is 2.32. The molecule has 1 saturated heterocycles. The van der Waals surface area contributed by atoms with Crippen LogP contribution in [0, 0.1) is 5.92 Å². The van der Waals surface area contributed by atoms with Gasteiger partial charge in [0.25, 0.3) is 0 Å². The molecule has 1 fully saturated rings. The van der Waals surface area contributed by atoms with Crippen LogP contribution < -0.4 is 5.32 Å². The van der Waals surface area contributed by atoms with Crippen molar-refractivity contribution in [1.82, 2.24) is 9.55 Å². The monoisotopic (exact) mass is 427 g/mol. The normalized spacial score (nSPS) is 18.9. The van der Waals surface area contributed by atoms with Crippen molar-refractivity contribution in [2.75, 3.05) is 16.8 Å². The van der Waals surface area contributed by atoms with Gasteiger partial charge in [0.15, 0.2) is 9.84 Å². The first-order valence-corrected chi connectivity index (χ1v) is 10.6. The number of amides is 1. The van der Waals surface area contributed by atoms with E-state index in [0.717, 1.165) is 12.1 Å². The summed E-state index contributed by atoms with van der Waals surface area (Å²) in [4.78, 5) is 16.7. The Morgan fingerprint density at radius 1 is 1.31 bits per heavy atom. The minimum Gasteiger partial charge on any atom is -0.467 e. The number of fused-ring (bicyclic) bond motifs is 1. The number of rotatable bonds is 4. The van der Waals surface area contributed by atoms with E-state index < -0.39 is 33.4 Å². The summed E-state index contributed by atoms with van der Waals surface area (Å²) < 4.78 is 69.2. The number of anilines is 1. The van der Waals surface area contributed by atoms with Crippen molar-refractivity contribution in [3.8, 4) is 0 Å². The van der Waals surface area contributed by atoms with Gasteiger partial charge in [-0.1, -0.05) is 0 Å². The molecule has 4 rings (SSSR count). The summed E-state index contributed by atoms with van der Waals surface area (Å²) >= 11 is 0. The molecule has 29 heavy (non-hydrogen) atoms. The molecule has 0 saturated carbocycles. The van der Waals surface area contributed by atoms with Crippen LogP contribution in [0.15, 0.2) is 41.0 Å². The molecule has 1 aliphatic heterocycles. The Balaban J connectivity index is 1.71. The largest absolute Gasteiger partial charge is 0.467 e. The average Bonchev–Trinajstić information content (AvgIpc) is 3.34. The smallest absolute Gasteiger partial charge is 0.416 e. The van der Waals surface area contributed by atoms with Crippen LogP contribution in [-0.4, -0.2) is 35.4 Å². The summed E-state index contributed by atoms with van der Waals surface area (Å²) in [6.07, 6.45) is -2.87. The SMILES string of the molecule is O=C(Nc1nc2cc(C(F)(F)F)ccc2n1Cc1ccco1)[C@@H]1CCS(=O)(=O)C1. The Morgan fingerprint density at radius 2 is 2.10 bits per heavy atom.